The van der Waals surface area contributed by atoms with Crippen molar-refractivity contribution in [3.8, 4) is 0 Å². The van der Waals surface area contributed by atoms with Gasteiger partial charge in [-0.15, -0.1) is 0 Å². The Bertz CT molecular complexity index is 498. The van der Waals surface area contributed by atoms with Gasteiger partial charge >= 0.3 is 13.8 Å². The van der Waals surface area contributed by atoms with Crippen LogP contribution in [0.5, 0.6) is 0 Å². The molecule has 0 spiro atoms. The van der Waals surface area contributed by atoms with Gasteiger partial charge in [-0.25, -0.2) is 9.36 Å². The maximum absolute atomic E-state index is 11.6. The van der Waals surface area contributed by atoms with Gasteiger partial charge in [0.05, 0.1) is 38.9 Å². The molecule has 0 aliphatic rings. The predicted molar refractivity (Wildman–Crippen MR) is 116 cm³/mol. The highest BCUT2D eigenvalue weighted by Gasteiger charge is 2.30. The van der Waals surface area contributed by atoms with Crippen molar-refractivity contribution in [2.24, 2.45) is 0 Å². The number of hydrogen-bond acceptors (Lipinski definition) is 4. The summed E-state index contributed by atoms with van der Waals surface area (Å²) in [4.78, 5) is 30.2. The second-order valence-corrected chi connectivity index (χ2v) is 9.20. The lowest BCUT2D eigenvalue weighted by Gasteiger charge is -2.40. The number of esters is 1. The molecule has 0 saturated carbocycles. The Hall–Kier alpha value is -0.720. The van der Waals surface area contributed by atoms with Crippen LogP contribution >= 0.6 is 7.82 Å². The zero-order valence-electron chi connectivity index (χ0n) is 18.9. The summed E-state index contributed by atoms with van der Waals surface area (Å²) < 4.78 is 22.5. The summed E-state index contributed by atoms with van der Waals surface area (Å²) in [5, 5.41) is 0. The van der Waals surface area contributed by atoms with Gasteiger partial charge in [0, 0.05) is 18.4 Å². The van der Waals surface area contributed by atoms with Crippen molar-refractivity contribution in [2.75, 3.05) is 32.8 Å². The molecule has 0 bridgehead atoms. The van der Waals surface area contributed by atoms with Gasteiger partial charge in [0.25, 0.3) is 0 Å². The molecule has 29 heavy (non-hydrogen) atoms. The van der Waals surface area contributed by atoms with E-state index in [0.29, 0.717) is 12.0 Å². The minimum atomic E-state index is -4.62. The number of rotatable bonds is 18. The van der Waals surface area contributed by atoms with Gasteiger partial charge in [-0.05, 0) is 26.2 Å². The van der Waals surface area contributed by atoms with E-state index >= 15 is 0 Å². The Balaban J connectivity index is 5.14. The molecule has 172 valence electrons. The number of carbonyl (C=O) groups is 1. The van der Waals surface area contributed by atoms with Crippen LogP contribution in [0.1, 0.15) is 79.1 Å². The van der Waals surface area contributed by atoms with Crippen molar-refractivity contribution in [2.45, 2.75) is 85.2 Å². The van der Waals surface area contributed by atoms with Crippen molar-refractivity contribution in [3.63, 3.8) is 0 Å². The fourth-order valence-electron chi connectivity index (χ4n) is 3.42. The lowest BCUT2D eigenvalue weighted by molar-refractivity contribution is -0.929. The van der Waals surface area contributed by atoms with E-state index in [-0.39, 0.29) is 13.0 Å². The van der Waals surface area contributed by atoms with Gasteiger partial charge < -0.3 is 19.0 Å². The monoisotopic (exact) mass is 436 g/mol. The first-order valence-corrected chi connectivity index (χ1v) is 12.5. The molecule has 0 aromatic rings. The molecule has 0 heterocycles. The van der Waals surface area contributed by atoms with E-state index in [4.69, 9.17) is 9.26 Å². The topological polar surface area (TPSA) is 93.1 Å². The van der Waals surface area contributed by atoms with Crippen molar-refractivity contribution in [1.82, 2.24) is 0 Å². The summed E-state index contributed by atoms with van der Waals surface area (Å²) in [6.45, 7) is 15.7. The van der Waals surface area contributed by atoms with Crippen LogP contribution in [0, 0.1) is 0 Å². The van der Waals surface area contributed by atoms with Gasteiger partial charge in [0.1, 0.15) is 0 Å². The molecule has 8 heteroatoms. The van der Waals surface area contributed by atoms with Crippen LogP contribution < -0.4 is 0 Å². The molecule has 0 aromatic heterocycles. The van der Waals surface area contributed by atoms with Gasteiger partial charge in [-0.3, -0.25) is 4.52 Å². The fraction of sp³-hybridized carbons (Fsp3) is 0.857. The van der Waals surface area contributed by atoms with Crippen molar-refractivity contribution in [1.29, 1.82) is 0 Å². The molecule has 0 rings (SSSR count). The second-order valence-electron chi connectivity index (χ2n) is 8.01. The molecule has 0 aliphatic carbocycles. The highest BCUT2D eigenvalue weighted by Crippen LogP contribution is 2.39. The molecule has 0 aromatic carbocycles. The number of ether oxygens (including phenoxy) is 1. The Morgan fingerprint density at radius 1 is 0.966 bits per heavy atom. The highest BCUT2D eigenvalue weighted by atomic mass is 31.2. The highest BCUT2D eigenvalue weighted by molar-refractivity contribution is 7.46. The SMILES string of the molecule is C=C(C)C(=O)OCCC(CC[N+](CCCC)(CCCC)CCCC)OP(=O)(O)O. The minimum absolute atomic E-state index is 0.0508. The minimum Gasteiger partial charge on any atom is -0.462 e. The van der Waals surface area contributed by atoms with Crippen LogP contribution in [-0.4, -0.2) is 59.1 Å². The lowest BCUT2D eigenvalue weighted by Crippen LogP contribution is -2.51. The summed E-state index contributed by atoms with van der Waals surface area (Å²) in [7, 11) is -4.62. The summed E-state index contributed by atoms with van der Waals surface area (Å²) in [5.41, 5.74) is 0.298. The average molecular weight is 437 g/mol. The number of carbonyl (C=O) groups excluding carboxylic acids is 1. The number of phosphoric acid groups is 1. The predicted octanol–water partition coefficient (Wildman–Crippen LogP) is 4.58. The van der Waals surface area contributed by atoms with Gasteiger partial charge in [-0.2, -0.15) is 0 Å². The van der Waals surface area contributed by atoms with Crippen LogP contribution in [0.2, 0.25) is 0 Å². The number of hydrogen-bond donors (Lipinski definition) is 2. The molecule has 7 nitrogen and oxygen atoms in total. The number of unbranched alkanes of at least 4 members (excludes halogenated alkanes) is 3. The van der Waals surface area contributed by atoms with E-state index in [0.717, 1.165) is 69.2 Å². The summed E-state index contributed by atoms with van der Waals surface area (Å²) >= 11 is 0. The molecular formula is C21H43NO6P+. The molecule has 0 radical (unpaired) electrons. The van der Waals surface area contributed by atoms with E-state index in [1.54, 1.807) is 6.92 Å². The van der Waals surface area contributed by atoms with Crippen molar-refractivity contribution < 1.29 is 32.9 Å². The van der Waals surface area contributed by atoms with Gasteiger partial charge in [-0.1, -0.05) is 46.6 Å². The Kier molecular flexibility index (Phi) is 14.8. The first-order valence-electron chi connectivity index (χ1n) is 11.0. The van der Waals surface area contributed by atoms with E-state index in [1.165, 1.54) is 0 Å². The molecule has 0 saturated heterocycles. The standard InChI is InChI=1S/C21H42NO6P/c1-6-9-14-22(15-10-7-2,16-11-8-3)17-12-20(28-29(24,25)26)13-18-27-21(23)19(4)5/h20H,4,6-18H2,1-3,5H3,(H-,24,25,26)/p+1. The van der Waals surface area contributed by atoms with Gasteiger partial charge in [0.15, 0.2) is 0 Å². The van der Waals surface area contributed by atoms with E-state index in [1.807, 2.05) is 0 Å². The Morgan fingerprint density at radius 2 is 1.45 bits per heavy atom. The molecule has 1 unspecified atom stereocenters. The van der Waals surface area contributed by atoms with Crippen LogP contribution in [0.15, 0.2) is 12.2 Å². The molecule has 2 N–H and O–H groups in total. The number of quaternary nitrogens is 1. The molecule has 0 aliphatic heterocycles. The first kappa shape index (κ1) is 28.3. The molecule has 0 fully saturated rings. The zero-order chi connectivity index (χ0) is 22.3. The largest absolute Gasteiger partial charge is 0.469 e. The summed E-state index contributed by atoms with van der Waals surface area (Å²) in [5.74, 6) is -0.501. The normalized spacial score (nSPS) is 13.3. The average Bonchev–Trinajstić information content (AvgIpc) is 2.65. The Labute approximate surface area is 177 Å². The quantitative estimate of drug-likeness (QED) is 0.141. The second kappa shape index (κ2) is 15.1. The van der Waals surface area contributed by atoms with Crippen LogP contribution in [0.3, 0.4) is 0 Å². The van der Waals surface area contributed by atoms with Gasteiger partial charge in [0.2, 0.25) is 0 Å². The smallest absolute Gasteiger partial charge is 0.462 e. The maximum Gasteiger partial charge on any atom is 0.469 e. The molecule has 1 atom stereocenters. The van der Waals surface area contributed by atoms with E-state index in [9.17, 15) is 19.1 Å². The lowest BCUT2D eigenvalue weighted by atomic mass is 10.1. The first-order chi connectivity index (χ1) is 13.6. The van der Waals surface area contributed by atoms with E-state index < -0.39 is 19.9 Å². The molecule has 0 amide bonds. The summed E-state index contributed by atoms with van der Waals surface area (Å²) in [6, 6.07) is 0. The Morgan fingerprint density at radius 3 is 1.83 bits per heavy atom. The van der Waals surface area contributed by atoms with Crippen molar-refractivity contribution >= 4 is 13.8 Å². The van der Waals surface area contributed by atoms with Crippen LogP contribution in [-0.2, 0) is 18.6 Å². The summed E-state index contributed by atoms with van der Waals surface area (Å²) in [6.07, 6.45) is 6.88. The molecular weight excluding hydrogens is 393 g/mol. The van der Waals surface area contributed by atoms with Crippen LogP contribution in [0.25, 0.3) is 0 Å². The third-order valence-electron chi connectivity index (χ3n) is 5.19. The van der Waals surface area contributed by atoms with Crippen LogP contribution in [0.4, 0.5) is 0 Å². The third kappa shape index (κ3) is 14.0. The number of phosphoric ester groups is 1. The maximum atomic E-state index is 11.6. The van der Waals surface area contributed by atoms with Crippen molar-refractivity contribution in [3.05, 3.63) is 12.2 Å². The zero-order valence-corrected chi connectivity index (χ0v) is 19.8. The van der Waals surface area contributed by atoms with E-state index in [2.05, 4.69) is 27.4 Å². The third-order valence-corrected chi connectivity index (χ3v) is 5.76. The number of nitrogens with zero attached hydrogens (tertiary/aromatic N) is 1. The fourth-order valence-corrected chi connectivity index (χ4v) is 4.02.